The minimum Gasteiger partial charge on any atom is -0.496 e. The molecule has 2 aromatic carbocycles. The highest BCUT2D eigenvalue weighted by Gasteiger charge is 2.15. The van der Waals surface area contributed by atoms with Crippen molar-refractivity contribution in [1.82, 2.24) is 5.32 Å². The summed E-state index contributed by atoms with van der Waals surface area (Å²) in [5.41, 5.74) is 2.26. The number of carbonyl (C=O) groups excluding carboxylic acids is 2. The van der Waals surface area contributed by atoms with Gasteiger partial charge in [-0.3, -0.25) is 9.59 Å². The number of allylic oxidation sites excluding steroid dienone is 1. The maximum atomic E-state index is 12.7. The third-order valence-corrected chi connectivity index (χ3v) is 3.75. The fourth-order valence-corrected chi connectivity index (χ4v) is 2.56. The Bertz CT molecular complexity index is 813. The van der Waals surface area contributed by atoms with Crippen LogP contribution in [0.4, 0.5) is 5.69 Å². The molecule has 2 aromatic rings. The Morgan fingerprint density at radius 2 is 1.88 bits per heavy atom. The van der Waals surface area contributed by atoms with E-state index in [0.717, 1.165) is 5.56 Å². The Hall–Kier alpha value is -3.08. The number of para-hydroxylation sites is 1. The van der Waals surface area contributed by atoms with Crippen LogP contribution in [0.1, 0.15) is 40.1 Å². The van der Waals surface area contributed by atoms with E-state index in [-0.39, 0.29) is 17.9 Å². The largest absolute Gasteiger partial charge is 0.496 e. The van der Waals surface area contributed by atoms with E-state index >= 15 is 0 Å². The first-order chi connectivity index (χ1) is 12.5. The Balaban J connectivity index is 2.27. The quantitative estimate of drug-likeness (QED) is 0.745. The minimum atomic E-state index is -0.289. The summed E-state index contributed by atoms with van der Waals surface area (Å²) >= 11 is 0. The van der Waals surface area contributed by atoms with Crippen molar-refractivity contribution < 1.29 is 14.3 Å². The molecule has 136 valence electrons. The highest BCUT2D eigenvalue weighted by atomic mass is 16.5. The van der Waals surface area contributed by atoms with Crippen LogP contribution in [0.25, 0.3) is 0 Å². The lowest BCUT2D eigenvalue weighted by atomic mass is 10.1. The zero-order valence-corrected chi connectivity index (χ0v) is 15.3. The van der Waals surface area contributed by atoms with Crippen LogP contribution in [0.3, 0.4) is 0 Å². The van der Waals surface area contributed by atoms with Gasteiger partial charge in [-0.15, -0.1) is 6.58 Å². The SMILES string of the molecule is C=CCc1cc(C(=O)Nc2ccccc2C(=O)NC(C)C)ccc1OC. The first-order valence-corrected chi connectivity index (χ1v) is 8.45. The Morgan fingerprint density at radius 3 is 2.54 bits per heavy atom. The molecule has 5 nitrogen and oxygen atoms in total. The molecule has 0 spiro atoms. The summed E-state index contributed by atoms with van der Waals surface area (Å²) in [6.07, 6.45) is 2.35. The van der Waals surface area contributed by atoms with Crippen molar-refractivity contribution >= 4 is 17.5 Å². The van der Waals surface area contributed by atoms with Gasteiger partial charge in [0.2, 0.25) is 0 Å². The summed E-state index contributed by atoms with van der Waals surface area (Å²) in [6, 6.07) is 12.2. The number of rotatable bonds is 7. The van der Waals surface area contributed by atoms with Gasteiger partial charge in [0.1, 0.15) is 5.75 Å². The predicted molar refractivity (Wildman–Crippen MR) is 104 cm³/mol. The van der Waals surface area contributed by atoms with Crippen molar-refractivity contribution in [3.8, 4) is 5.75 Å². The molecule has 0 aliphatic heterocycles. The van der Waals surface area contributed by atoms with Crippen molar-refractivity contribution in [3.05, 3.63) is 71.8 Å². The molecule has 0 bridgehead atoms. The second-order valence-corrected chi connectivity index (χ2v) is 6.15. The summed E-state index contributed by atoms with van der Waals surface area (Å²) in [5.74, 6) is 0.193. The number of nitrogens with one attached hydrogen (secondary N) is 2. The highest BCUT2D eigenvalue weighted by Crippen LogP contribution is 2.22. The molecule has 0 radical (unpaired) electrons. The second kappa shape index (κ2) is 8.85. The number of carbonyl (C=O) groups is 2. The van der Waals surface area contributed by atoms with Crippen LogP contribution in [-0.2, 0) is 6.42 Å². The maximum Gasteiger partial charge on any atom is 0.255 e. The first-order valence-electron chi connectivity index (χ1n) is 8.45. The number of benzene rings is 2. The van der Waals surface area contributed by atoms with Gasteiger partial charge in [-0.05, 0) is 56.2 Å². The molecule has 5 heteroatoms. The Morgan fingerprint density at radius 1 is 1.15 bits per heavy atom. The van der Waals surface area contributed by atoms with Crippen LogP contribution >= 0.6 is 0 Å². The number of hydrogen-bond acceptors (Lipinski definition) is 3. The van der Waals surface area contributed by atoms with Gasteiger partial charge < -0.3 is 15.4 Å². The molecular weight excluding hydrogens is 328 g/mol. The molecule has 0 heterocycles. The van der Waals surface area contributed by atoms with Gasteiger partial charge >= 0.3 is 0 Å². The molecule has 2 rings (SSSR count). The minimum absolute atomic E-state index is 0.00862. The number of anilines is 1. The lowest BCUT2D eigenvalue weighted by Gasteiger charge is -2.14. The molecule has 26 heavy (non-hydrogen) atoms. The number of amides is 2. The van der Waals surface area contributed by atoms with Crippen LogP contribution < -0.4 is 15.4 Å². The van der Waals surface area contributed by atoms with E-state index in [1.54, 1.807) is 55.7 Å². The lowest BCUT2D eigenvalue weighted by Crippen LogP contribution is -2.31. The average molecular weight is 352 g/mol. The van der Waals surface area contributed by atoms with Crippen LogP contribution in [0.2, 0.25) is 0 Å². The number of methoxy groups -OCH3 is 1. The van der Waals surface area contributed by atoms with E-state index in [9.17, 15) is 9.59 Å². The van der Waals surface area contributed by atoms with Crippen LogP contribution in [0.5, 0.6) is 5.75 Å². The monoisotopic (exact) mass is 352 g/mol. The molecule has 0 aromatic heterocycles. The maximum absolute atomic E-state index is 12.7. The van der Waals surface area contributed by atoms with Crippen LogP contribution in [0.15, 0.2) is 55.1 Å². The van der Waals surface area contributed by atoms with Crippen molar-refractivity contribution in [2.24, 2.45) is 0 Å². The molecule has 0 unspecified atom stereocenters. The smallest absolute Gasteiger partial charge is 0.255 e. The van der Waals surface area contributed by atoms with Gasteiger partial charge in [-0.2, -0.15) is 0 Å². The molecule has 0 fully saturated rings. The molecule has 2 amide bonds. The van der Waals surface area contributed by atoms with Crippen LogP contribution in [-0.4, -0.2) is 25.0 Å². The molecule has 0 aliphatic carbocycles. The Labute approximate surface area is 154 Å². The lowest BCUT2D eigenvalue weighted by molar-refractivity contribution is 0.0944. The van der Waals surface area contributed by atoms with E-state index in [2.05, 4.69) is 17.2 Å². The van der Waals surface area contributed by atoms with Gasteiger partial charge in [0.05, 0.1) is 18.4 Å². The fraction of sp³-hybridized carbons (Fsp3) is 0.238. The fourth-order valence-electron chi connectivity index (χ4n) is 2.56. The third kappa shape index (κ3) is 4.72. The summed E-state index contributed by atoms with van der Waals surface area (Å²) in [6.45, 7) is 7.50. The van der Waals surface area contributed by atoms with E-state index in [1.807, 2.05) is 13.8 Å². The van der Waals surface area contributed by atoms with Gasteiger partial charge in [0.15, 0.2) is 0 Å². The molecular formula is C21H24N2O3. The van der Waals surface area contributed by atoms with E-state index in [4.69, 9.17) is 4.74 Å². The highest BCUT2D eigenvalue weighted by molar-refractivity contribution is 6.09. The van der Waals surface area contributed by atoms with Gasteiger partial charge in [-0.25, -0.2) is 0 Å². The first kappa shape index (κ1) is 19.2. The molecule has 0 saturated carbocycles. The normalized spacial score (nSPS) is 10.3. The average Bonchev–Trinajstić information content (AvgIpc) is 2.61. The molecule has 0 atom stereocenters. The molecule has 0 aliphatic rings. The van der Waals surface area contributed by atoms with Crippen LogP contribution in [0, 0.1) is 0 Å². The van der Waals surface area contributed by atoms with Gasteiger partial charge in [0.25, 0.3) is 11.8 Å². The van der Waals surface area contributed by atoms with E-state index in [0.29, 0.717) is 29.0 Å². The number of hydrogen-bond donors (Lipinski definition) is 2. The Kier molecular flexibility index (Phi) is 6.55. The second-order valence-electron chi connectivity index (χ2n) is 6.15. The van der Waals surface area contributed by atoms with Gasteiger partial charge in [0, 0.05) is 11.6 Å². The van der Waals surface area contributed by atoms with E-state index in [1.165, 1.54) is 0 Å². The summed E-state index contributed by atoms with van der Waals surface area (Å²) in [4.78, 5) is 25.0. The van der Waals surface area contributed by atoms with Crippen molar-refractivity contribution in [1.29, 1.82) is 0 Å². The standard InChI is InChI=1S/C21H24N2O3/c1-5-8-15-13-16(11-12-19(15)26-4)20(24)23-18-10-7-6-9-17(18)21(25)22-14(2)3/h5-7,9-14H,1,8H2,2-4H3,(H,22,25)(H,23,24). The van der Waals surface area contributed by atoms with E-state index < -0.39 is 0 Å². The topological polar surface area (TPSA) is 67.4 Å². The third-order valence-electron chi connectivity index (χ3n) is 3.75. The molecule has 2 N–H and O–H groups in total. The number of ether oxygens (including phenoxy) is 1. The van der Waals surface area contributed by atoms with Crippen molar-refractivity contribution in [2.75, 3.05) is 12.4 Å². The van der Waals surface area contributed by atoms with Crippen molar-refractivity contribution in [2.45, 2.75) is 26.3 Å². The summed E-state index contributed by atoms with van der Waals surface area (Å²) in [7, 11) is 1.59. The van der Waals surface area contributed by atoms with Crippen molar-refractivity contribution in [3.63, 3.8) is 0 Å². The molecule has 0 saturated heterocycles. The van der Waals surface area contributed by atoms with Gasteiger partial charge in [-0.1, -0.05) is 18.2 Å². The zero-order chi connectivity index (χ0) is 19.1. The summed E-state index contributed by atoms with van der Waals surface area (Å²) < 4.78 is 5.31. The zero-order valence-electron chi connectivity index (χ0n) is 15.3. The predicted octanol–water partition coefficient (Wildman–Crippen LogP) is 3.81. The summed E-state index contributed by atoms with van der Waals surface area (Å²) in [5, 5.41) is 5.66.